The summed E-state index contributed by atoms with van der Waals surface area (Å²) in [6.07, 6.45) is 84.9. The zero-order valence-electron chi connectivity index (χ0n) is 51.2. The Morgan fingerprint density at radius 1 is 0.260 bits per heavy atom. The molecule has 0 aromatic rings. The van der Waals surface area contributed by atoms with Crippen LogP contribution in [0.15, 0.2) is 72.9 Å². The maximum Gasteiger partial charge on any atom is 0.306 e. The number of esters is 3. The number of unbranched alkanes of at least 4 members (excludes halogenated alkanes) is 38. The monoisotopic (exact) mass is 1070 g/mol. The molecule has 0 aromatic carbocycles. The molecular weight excluding hydrogens is 949 g/mol. The lowest BCUT2D eigenvalue weighted by atomic mass is 10.0. The van der Waals surface area contributed by atoms with Gasteiger partial charge in [0.1, 0.15) is 13.2 Å². The van der Waals surface area contributed by atoms with E-state index in [0.29, 0.717) is 19.3 Å². The Hall–Kier alpha value is -3.15. The zero-order chi connectivity index (χ0) is 55.7. The number of allylic oxidation sites excluding steroid dienone is 12. The maximum atomic E-state index is 12.9. The molecule has 0 spiro atoms. The van der Waals surface area contributed by atoms with Crippen LogP contribution in [0.25, 0.3) is 0 Å². The first-order chi connectivity index (χ1) is 38.0. The third-order valence-corrected chi connectivity index (χ3v) is 14.7. The van der Waals surface area contributed by atoms with E-state index >= 15 is 0 Å². The van der Waals surface area contributed by atoms with Crippen molar-refractivity contribution < 1.29 is 28.6 Å². The summed E-state index contributed by atoms with van der Waals surface area (Å²) >= 11 is 0. The Morgan fingerprint density at radius 3 is 0.779 bits per heavy atom. The summed E-state index contributed by atoms with van der Waals surface area (Å²) < 4.78 is 16.9. The SMILES string of the molecule is CCCC/C=C\CCCCCCCC(=O)OCC(COC(=O)CCCCCCCCCCCCCC/C=C\C/C=C\C/C=C\CCCCCCC)OC(=O)CCCCCCCCCCC/C=C\C/C=C\CCCCCCC. The van der Waals surface area contributed by atoms with Crippen LogP contribution < -0.4 is 0 Å². The van der Waals surface area contributed by atoms with Gasteiger partial charge < -0.3 is 14.2 Å². The minimum Gasteiger partial charge on any atom is -0.462 e. The van der Waals surface area contributed by atoms with E-state index in [1.54, 1.807) is 0 Å². The molecule has 0 heterocycles. The van der Waals surface area contributed by atoms with Crippen molar-refractivity contribution in [2.24, 2.45) is 0 Å². The first-order valence-corrected chi connectivity index (χ1v) is 33.4. The molecule has 6 heteroatoms. The molecule has 0 aliphatic rings. The largest absolute Gasteiger partial charge is 0.462 e. The number of hydrogen-bond donors (Lipinski definition) is 0. The van der Waals surface area contributed by atoms with Crippen molar-refractivity contribution in [3.63, 3.8) is 0 Å². The van der Waals surface area contributed by atoms with Crippen molar-refractivity contribution >= 4 is 17.9 Å². The molecule has 0 saturated carbocycles. The van der Waals surface area contributed by atoms with Crippen LogP contribution in [0.5, 0.6) is 0 Å². The van der Waals surface area contributed by atoms with Crippen LogP contribution in [0.1, 0.15) is 342 Å². The Labute approximate surface area is 478 Å². The first kappa shape index (κ1) is 73.8. The van der Waals surface area contributed by atoms with Crippen LogP contribution in [-0.4, -0.2) is 37.2 Å². The van der Waals surface area contributed by atoms with Gasteiger partial charge in [0, 0.05) is 19.3 Å². The van der Waals surface area contributed by atoms with Gasteiger partial charge in [-0.1, -0.05) is 286 Å². The third kappa shape index (κ3) is 63.6. The number of rotatable bonds is 61. The molecule has 446 valence electrons. The second-order valence-electron chi connectivity index (χ2n) is 22.4. The van der Waals surface area contributed by atoms with E-state index in [1.165, 1.54) is 218 Å². The Morgan fingerprint density at radius 2 is 0.481 bits per heavy atom. The van der Waals surface area contributed by atoms with Gasteiger partial charge in [-0.3, -0.25) is 14.4 Å². The van der Waals surface area contributed by atoms with Gasteiger partial charge in [-0.25, -0.2) is 0 Å². The van der Waals surface area contributed by atoms with Crippen molar-refractivity contribution in [3.05, 3.63) is 72.9 Å². The van der Waals surface area contributed by atoms with Gasteiger partial charge in [0.2, 0.25) is 0 Å². The average molecular weight is 1080 g/mol. The Bertz CT molecular complexity index is 1420. The van der Waals surface area contributed by atoms with Crippen LogP contribution in [0.3, 0.4) is 0 Å². The van der Waals surface area contributed by atoms with Crippen molar-refractivity contribution in [2.75, 3.05) is 13.2 Å². The summed E-state index contributed by atoms with van der Waals surface area (Å²) in [5, 5.41) is 0. The van der Waals surface area contributed by atoms with Gasteiger partial charge in [0.25, 0.3) is 0 Å². The maximum absolute atomic E-state index is 12.9. The van der Waals surface area contributed by atoms with Crippen LogP contribution in [0, 0.1) is 0 Å². The summed E-state index contributed by atoms with van der Waals surface area (Å²) in [6.45, 7) is 6.61. The summed E-state index contributed by atoms with van der Waals surface area (Å²) in [6, 6.07) is 0. The fraction of sp³-hybridized carbons (Fsp3) is 0.789. The van der Waals surface area contributed by atoms with E-state index in [-0.39, 0.29) is 31.1 Å². The minimum atomic E-state index is -0.782. The van der Waals surface area contributed by atoms with Crippen molar-refractivity contribution in [2.45, 2.75) is 348 Å². The Balaban J connectivity index is 4.24. The van der Waals surface area contributed by atoms with Crippen LogP contribution in [-0.2, 0) is 28.6 Å². The molecule has 0 radical (unpaired) electrons. The number of ether oxygens (including phenoxy) is 3. The molecule has 0 aliphatic carbocycles. The molecule has 1 unspecified atom stereocenters. The fourth-order valence-electron chi connectivity index (χ4n) is 9.58. The topological polar surface area (TPSA) is 78.9 Å². The molecule has 0 aromatic heterocycles. The van der Waals surface area contributed by atoms with Gasteiger partial charge in [-0.2, -0.15) is 0 Å². The summed E-state index contributed by atoms with van der Waals surface area (Å²) in [7, 11) is 0. The van der Waals surface area contributed by atoms with Crippen molar-refractivity contribution in [3.8, 4) is 0 Å². The van der Waals surface area contributed by atoms with Crippen molar-refractivity contribution in [1.29, 1.82) is 0 Å². The quantitative estimate of drug-likeness (QED) is 0.0261. The standard InChI is InChI=1S/C71H126O6/c1-4-7-10-13-16-19-22-24-26-28-30-32-33-34-35-36-37-39-40-42-44-46-49-52-55-58-61-64-70(73)76-67-68(66-75-69(72)63-60-57-54-51-48-21-18-15-12-9-6-3)77-71(74)65-62-59-56-53-50-47-45-43-41-38-31-29-27-25-23-20-17-14-11-8-5-2/h15,18,22-25,28-31,33-34,68H,4-14,16-17,19-21,26-27,32,35-67H2,1-3H3/b18-15-,24-22-,25-23-,30-28-,31-29-,34-33-. The summed E-state index contributed by atoms with van der Waals surface area (Å²) in [4.78, 5) is 38.3. The molecular formula is C71H126O6. The van der Waals surface area contributed by atoms with E-state index < -0.39 is 6.10 Å². The third-order valence-electron chi connectivity index (χ3n) is 14.7. The molecule has 1 atom stereocenters. The lowest BCUT2D eigenvalue weighted by Crippen LogP contribution is -2.30. The minimum absolute atomic E-state index is 0.0790. The van der Waals surface area contributed by atoms with Crippen LogP contribution in [0.2, 0.25) is 0 Å². The average Bonchev–Trinajstić information content (AvgIpc) is 3.43. The van der Waals surface area contributed by atoms with Gasteiger partial charge in [0.15, 0.2) is 6.10 Å². The lowest BCUT2D eigenvalue weighted by molar-refractivity contribution is -0.167. The van der Waals surface area contributed by atoms with Crippen LogP contribution >= 0.6 is 0 Å². The van der Waals surface area contributed by atoms with E-state index in [1.807, 2.05) is 0 Å². The highest BCUT2D eigenvalue weighted by Gasteiger charge is 2.19. The molecule has 6 nitrogen and oxygen atoms in total. The molecule has 0 fully saturated rings. The predicted octanol–water partition coefficient (Wildman–Crippen LogP) is 22.9. The summed E-state index contributed by atoms with van der Waals surface area (Å²) in [5.74, 6) is -0.880. The number of carbonyl (C=O) groups excluding carboxylic acids is 3. The molecule has 0 rings (SSSR count). The first-order valence-electron chi connectivity index (χ1n) is 33.4. The molecule has 0 bridgehead atoms. The fourth-order valence-corrected chi connectivity index (χ4v) is 9.58. The van der Waals surface area contributed by atoms with E-state index in [9.17, 15) is 14.4 Å². The molecule has 0 amide bonds. The van der Waals surface area contributed by atoms with E-state index in [0.717, 1.165) is 83.5 Å². The highest BCUT2D eigenvalue weighted by molar-refractivity contribution is 5.71. The predicted molar refractivity (Wildman–Crippen MR) is 335 cm³/mol. The summed E-state index contributed by atoms with van der Waals surface area (Å²) in [5.41, 5.74) is 0. The molecule has 0 saturated heterocycles. The van der Waals surface area contributed by atoms with Gasteiger partial charge >= 0.3 is 17.9 Å². The molecule has 0 N–H and O–H groups in total. The number of hydrogen-bond acceptors (Lipinski definition) is 6. The smallest absolute Gasteiger partial charge is 0.306 e. The lowest BCUT2D eigenvalue weighted by Gasteiger charge is -2.18. The van der Waals surface area contributed by atoms with Gasteiger partial charge in [-0.05, 0) is 109 Å². The van der Waals surface area contributed by atoms with Gasteiger partial charge in [0.05, 0.1) is 0 Å². The van der Waals surface area contributed by atoms with E-state index in [2.05, 4.69) is 93.7 Å². The zero-order valence-corrected chi connectivity index (χ0v) is 51.2. The number of carbonyl (C=O) groups is 3. The van der Waals surface area contributed by atoms with Crippen molar-refractivity contribution in [1.82, 2.24) is 0 Å². The normalized spacial score (nSPS) is 12.5. The molecule has 0 aliphatic heterocycles. The van der Waals surface area contributed by atoms with E-state index in [4.69, 9.17) is 14.2 Å². The second-order valence-corrected chi connectivity index (χ2v) is 22.4. The highest BCUT2D eigenvalue weighted by Crippen LogP contribution is 2.17. The second kappa shape index (κ2) is 65.4. The Kier molecular flexibility index (Phi) is 62.7. The van der Waals surface area contributed by atoms with Gasteiger partial charge in [-0.15, -0.1) is 0 Å². The van der Waals surface area contributed by atoms with Crippen LogP contribution in [0.4, 0.5) is 0 Å². The highest BCUT2D eigenvalue weighted by atomic mass is 16.6. The molecule has 77 heavy (non-hydrogen) atoms.